The Morgan fingerprint density at radius 1 is 1.35 bits per heavy atom. The van der Waals surface area contributed by atoms with Gasteiger partial charge in [-0.05, 0) is 47.6 Å². The second-order valence-electron chi connectivity index (χ2n) is 4.93. The minimum absolute atomic E-state index is 0.00336. The second kappa shape index (κ2) is 7.29. The third-order valence-electron chi connectivity index (χ3n) is 3.57. The van der Waals surface area contributed by atoms with Gasteiger partial charge in [-0.25, -0.2) is 0 Å². The number of carbonyl (C=O) groups excluding carboxylic acids is 1. The van der Waals surface area contributed by atoms with Crippen molar-refractivity contribution in [3.05, 3.63) is 31.3 Å². The van der Waals surface area contributed by atoms with Crippen molar-refractivity contribution < 1.29 is 9.90 Å². The van der Waals surface area contributed by atoms with E-state index in [1.165, 1.54) is 0 Å². The first-order valence-electron chi connectivity index (χ1n) is 6.61. The first kappa shape index (κ1) is 16.3. The summed E-state index contributed by atoms with van der Waals surface area (Å²) in [6.45, 7) is 0.668. The number of aliphatic hydroxyl groups excluding tert-OH is 1. The Morgan fingerprint density at radius 2 is 2.10 bits per heavy atom. The van der Waals surface area contributed by atoms with Crippen molar-refractivity contribution in [3.8, 4) is 0 Å². The van der Waals surface area contributed by atoms with E-state index in [0.717, 1.165) is 25.7 Å². The molecule has 1 atom stereocenters. The van der Waals surface area contributed by atoms with Crippen LogP contribution in [0.2, 0.25) is 10.0 Å². The van der Waals surface area contributed by atoms with Gasteiger partial charge in [0.1, 0.15) is 0 Å². The Balaban J connectivity index is 2.33. The van der Waals surface area contributed by atoms with Crippen LogP contribution in [0.1, 0.15) is 36.0 Å². The van der Waals surface area contributed by atoms with Crippen LogP contribution in [0.25, 0.3) is 0 Å². The average Bonchev–Trinajstić information content (AvgIpc) is 2.67. The number of amides is 1. The van der Waals surface area contributed by atoms with Crippen LogP contribution in [-0.2, 0) is 0 Å². The molecule has 1 N–H and O–H groups in total. The molecule has 2 rings (SSSR count). The molecule has 20 heavy (non-hydrogen) atoms. The molecule has 1 aromatic rings. The zero-order valence-electron chi connectivity index (χ0n) is 10.9. The summed E-state index contributed by atoms with van der Waals surface area (Å²) in [5.41, 5.74) is 0.517. The number of rotatable bonds is 2. The smallest absolute Gasteiger partial charge is 0.255 e. The second-order valence-corrected chi connectivity index (χ2v) is 6.86. The predicted molar refractivity (Wildman–Crippen MR) is 89.6 cm³/mol. The molecule has 0 bridgehead atoms. The fraction of sp³-hybridized carbons (Fsp3) is 0.500. The number of halogens is 3. The van der Waals surface area contributed by atoms with E-state index in [-0.39, 0.29) is 18.6 Å². The Morgan fingerprint density at radius 3 is 2.80 bits per heavy atom. The Labute approximate surface area is 142 Å². The molecule has 1 unspecified atom stereocenters. The number of benzene rings is 1. The lowest BCUT2D eigenvalue weighted by Crippen LogP contribution is -2.42. The molecule has 0 spiro atoms. The zero-order valence-corrected chi connectivity index (χ0v) is 14.6. The van der Waals surface area contributed by atoms with E-state index in [1.54, 1.807) is 17.0 Å². The summed E-state index contributed by atoms with van der Waals surface area (Å²) in [6, 6.07) is 3.17. The normalized spacial score (nSPS) is 19.8. The highest BCUT2D eigenvalue weighted by atomic mass is 127. The van der Waals surface area contributed by atoms with Crippen LogP contribution >= 0.6 is 45.8 Å². The van der Waals surface area contributed by atoms with Gasteiger partial charge in [-0.15, -0.1) is 0 Å². The van der Waals surface area contributed by atoms with Gasteiger partial charge < -0.3 is 10.0 Å². The molecule has 110 valence electrons. The van der Waals surface area contributed by atoms with Crippen LogP contribution in [0.5, 0.6) is 0 Å². The van der Waals surface area contributed by atoms with Gasteiger partial charge in [0.05, 0.1) is 23.2 Å². The van der Waals surface area contributed by atoms with Crippen molar-refractivity contribution in [2.24, 2.45) is 0 Å². The highest BCUT2D eigenvalue weighted by molar-refractivity contribution is 14.1. The van der Waals surface area contributed by atoms with Gasteiger partial charge in [0.15, 0.2) is 0 Å². The summed E-state index contributed by atoms with van der Waals surface area (Å²) < 4.78 is 0.708. The molecule has 0 saturated carbocycles. The van der Waals surface area contributed by atoms with Crippen molar-refractivity contribution in [1.82, 2.24) is 4.90 Å². The minimum Gasteiger partial charge on any atom is -0.394 e. The predicted octanol–water partition coefficient (Wildman–Crippen LogP) is 3.98. The summed E-state index contributed by atoms with van der Waals surface area (Å²) in [4.78, 5) is 14.5. The number of hydrogen-bond donors (Lipinski definition) is 1. The number of hydrogen-bond acceptors (Lipinski definition) is 2. The van der Waals surface area contributed by atoms with E-state index in [2.05, 4.69) is 22.6 Å². The number of likely N-dealkylation sites (tertiary alicyclic amines) is 1. The molecule has 1 aliphatic rings. The van der Waals surface area contributed by atoms with Gasteiger partial charge in [-0.1, -0.05) is 36.0 Å². The minimum atomic E-state index is -0.112. The van der Waals surface area contributed by atoms with E-state index in [4.69, 9.17) is 23.2 Å². The topological polar surface area (TPSA) is 40.5 Å². The largest absolute Gasteiger partial charge is 0.394 e. The SMILES string of the molecule is O=C(c1cc(Cl)cc(Cl)c1I)N1CCCCCC1CO. The van der Waals surface area contributed by atoms with Crippen molar-refractivity contribution in [2.45, 2.75) is 31.7 Å². The maximum atomic E-state index is 12.7. The monoisotopic (exact) mass is 427 g/mol. The maximum Gasteiger partial charge on any atom is 0.255 e. The van der Waals surface area contributed by atoms with E-state index < -0.39 is 0 Å². The first-order chi connectivity index (χ1) is 9.54. The average molecular weight is 428 g/mol. The lowest BCUT2D eigenvalue weighted by molar-refractivity contribution is 0.0599. The summed E-state index contributed by atoms with van der Waals surface area (Å²) >= 11 is 14.2. The third-order valence-corrected chi connectivity index (χ3v) is 5.57. The molecule has 0 radical (unpaired) electrons. The summed E-state index contributed by atoms with van der Waals surface area (Å²) in [5, 5.41) is 10.4. The third kappa shape index (κ3) is 3.59. The maximum absolute atomic E-state index is 12.7. The molecule has 1 amide bonds. The van der Waals surface area contributed by atoms with Crippen LogP contribution in [0.3, 0.4) is 0 Å². The molecule has 1 saturated heterocycles. The van der Waals surface area contributed by atoms with Crippen LogP contribution in [-0.4, -0.2) is 35.1 Å². The van der Waals surface area contributed by atoms with Gasteiger partial charge in [0.25, 0.3) is 5.91 Å². The highest BCUT2D eigenvalue weighted by Gasteiger charge is 2.27. The van der Waals surface area contributed by atoms with Gasteiger partial charge in [0, 0.05) is 15.1 Å². The molecular weight excluding hydrogens is 412 g/mol. The van der Waals surface area contributed by atoms with Crippen molar-refractivity contribution in [2.75, 3.05) is 13.2 Å². The first-order valence-corrected chi connectivity index (χ1v) is 8.44. The van der Waals surface area contributed by atoms with Crippen molar-refractivity contribution >= 4 is 51.7 Å². The summed E-state index contributed by atoms with van der Waals surface area (Å²) in [7, 11) is 0. The molecule has 1 heterocycles. The molecule has 1 aliphatic heterocycles. The van der Waals surface area contributed by atoms with Gasteiger partial charge >= 0.3 is 0 Å². The molecule has 0 aliphatic carbocycles. The molecule has 0 aromatic heterocycles. The molecule has 1 fully saturated rings. The molecule has 6 heteroatoms. The Kier molecular flexibility index (Phi) is 5.95. The quantitative estimate of drug-likeness (QED) is 0.572. The van der Waals surface area contributed by atoms with Crippen LogP contribution in [0.15, 0.2) is 12.1 Å². The lowest BCUT2D eigenvalue weighted by Gasteiger charge is -2.29. The lowest BCUT2D eigenvalue weighted by atomic mass is 10.1. The summed E-state index contributed by atoms with van der Waals surface area (Å²) in [6.07, 6.45) is 3.94. The van der Waals surface area contributed by atoms with Crippen LogP contribution in [0, 0.1) is 3.57 Å². The number of nitrogens with zero attached hydrogens (tertiary/aromatic N) is 1. The van der Waals surface area contributed by atoms with E-state index in [0.29, 0.717) is 25.7 Å². The van der Waals surface area contributed by atoms with Crippen molar-refractivity contribution in [1.29, 1.82) is 0 Å². The Hall–Kier alpha value is -0.0400. The van der Waals surface area contributed by atoms with E-state index >= 15 is 0 Å². The standard InChI is InChI=1S/C14H16Cl2INO2/c15-9-6-11(13(17)12(16)7-9)14(20)18-5-3-1-2-4-10(18)8-19/h6-7,10,19H,1-5,8H2. The van der Waals surface area contributed by atoms with Gasteiger partial charge in [-0.2, -0.15) is 0 Å². The summed E-state index contributed by atoms with van der Waals surface area (Å²) in [5.74, 6) is -0.0975. The fourth-order valence-electron chi connectivity index (χ4n) is 2.50. The number of carbonyl (C=O) groups is 1. The Bertz CT molecular complexity index is 510. The molecular formula is C14H16Cl2INO2. The van der Waals surface area contributed by atoms with Crippen LogP contribution < -0.4 is 0 Å². The van der Waals surface area contributed by atoms with Crippen molar-refractivity contribution in [3.63, 3.8) is 0 Å². The molecule has 1 aromatic carbocycles. The number of aliphatic hydroxyl groups is 1. The highest BCUT2D eigenvalue weighted by Crippen LogP contribution is 2.29. The molecule has 3 nitrogen and oxygen atoms in total. The van der Waals surface area contributed by atoms with Gasteiger partial charge in [-0.3, -0.25) is 4.79 Å². The van der Waals surface area contributed by atoms with E-state index in [9.17, 15) is 9.90 Å². The fourth-order valence-corrected chi connectivity index (χ4v) is 3.54. The van der Waals surface area contributed by atoms with Gasteiger partial charge in [0.2, 0.25) is 0 Å². The zero-order chi connectivity index (χ0) is 14.7. The van der Waals surface area contributed by atoms with Crippen LogP contribution in [0.4, 0.5) is 0 Å². The van der Waals surface area contributed by atoms with E-state index in [1.807, 2.05) is 0 Å².